The summed E-state index contributed by atoms with van der Waals surface area (Å²) in [6, 6.07) is 8.45. The summed E-state index contributed by atoms with van der Waals surface area (Å²) in [4.78, 5) is 16.0. The first-order valence-electron chi connectivity index (χ1n) is 5.10. The fraction of sp³-hybridized carbons (Fsp3) is 0.0769. The topological polar surface area (TPSA) is 56.0 Å². The molecule has 4 heteroatoms. The zero-order valence-corrected chi connectivity index (χ0v) is 10.0. The summed E-state index contributed by atoms with van der Waals surface area (Å²) in [7, 11) is 0. The molecule has 2 N–H and O–H groups in total. The van der Waals surface area contributed by atoms with Gasteiger partial charge in [0.05, 0.1) is 11.9 Å². The Morgan fingerprint density at radius 3 is 2.65 bits per heavy atom. The van der Waals surface area contributed by atoms with E-state index in [1.54, 1.807) is 24.3 Å². The first-order valence-corrected chi connectivity index (χ1v) is 5.48. The molecular weight excluding hydrogens is 236 g/mol. The minimum atomic E-state index is -0.160. The summed E-state index contributed by atoms with van der Waals surface area (Å²) in [6.45, 7) is 1.89. The largest absolute Gasteiger partial charge is 0.397 e. The average molecular weight is 247 g/mol. The number of nitrogens with zero attached hydrogens (tertiary/aromatic N) is 1. The summed E-state index contributed by atoms with van der Waals surface area (Å²) in [5.41, 5.74) is 7.87. The van der Waals surface area contributed by atoms with Crippen molar-refractivity contribution in [3.63, 3.8) is 0 Å². The van der Waals surface area contributed by atoms with Crippen molar-refractivity contribution < 1.29 is 4.79 Å². The number of carbonyl (C=O) groups excluding carboxylic acids is 1. The van der Waals surface area contributed by atoms with Crippen LogP contribution in [0.5, 0.6) is 0 Å². The van der Waals surface area contributed by atoms with Gasteiger partial charge >= 0.3 is 0 Å². The number of rotatable bonds is 2. The second-order valence-electron chi connectivity index (χ2n) is 3.77. The van der Waals surface area contributed by atoms with Crippen LogP contribution in [0.25, 0.3) is 0 Å². The molecule has 0 atom stereocenters. The number of nitrogens with two attached hydrogens (primary N) is 1. The molecule has 3 nitrogen and oxygen atoms in total. The van der Waals surface area contributed by atoms with Crippen molar-refractivity contribution in [2.75, 3.05) is 5.73 Å². The Balaban J connectivity index is 2.37. The van der Waals surface area contributed by atoms with Gasteiger partial charge < -0.3 is 5.73 Å². The smallest absolute Gasteiger partial charge is 0.211 e. The first kappa shape index (κ1) is 11.6. The van der Waals surface area contributed by atoms with Gasteiger partial charge in [-0.15, -0.1) is 0 Å². The molecular formula is C13H11ClN2O. The van der Waals surface area contributed by atoms with E-state index in [4.69, 9.17) is 17.3 Å². The van der Waals surface area contributed by atoms with Crippen molar-refractivity contribution in [1.29, 1.82) is 0 Å². The van der Waals surface area contributed by atoms with Crippen LogP contribution in [-0.4, -0.2) is 10.8 Å². The molecule has 0 aliphatic heterocycles. The molecule has 1 heterocycles. The highest BCUT2D eigenvalue weighted by Gasteiger charge is 2.11. The van der Waals surface area contributed by atoms with Crippen LogP contribution in [-0.2, 0) is 0 Å². The molecule has 2 rings (SSSR count). The van der Waals surface area contributed by atoms with Gasteiger partial charge in [-0.2, -0.15) is 0 Å². The van der Waals surface area contributed by atoms with Crippen LogP contribution in [0.15, 0.2) is 36.5 Å². The molecule has 0 aliphatic rings. The molecule has 86 valence electrons. The van der Waals surface area contributed by atoms with E-state index >= 15 is 0 Å². The van der Waals surface area contributed by atoms with Crippen molar-refractivity contribution in [1.82, 2.24) is 4.98 Å². The van der Waals surface area contributed by atoms with Gasteiger partial charge in [0.15, 0.2) is 0 Å². The van der Waals surface area contributed by atoms with E-state index in [0.29, 0.717) is 22.0 Å². The van der Waals surface area contributed by atoms with Gasteiger partial charge in [-0.3, -0.25) is 9.78 Å². The lowest BCUT2D eigenvalue weighted by Gasteiger charge is -2.03. The van der Waals surface area contributed by atoms with E-state index in [1.165, 1.54) is 6.20 Å². The third kappa shape index (κ3) is 2.45. The maximum atomic E-state index is 12.1. The van der Waals surface area contributed by atoms with Crippen LogP contribution < -0.4 is 5.73 Å². The van der Waals surface area contributed by atoms with E-state index in [1.807, 2.05) is 13.0 Å². The number of aryl methyl sites for hydroxylation is 1. The maximum Gasteiger partial charge on any atom is 0.211 e. The molecule has 1 aromatic carbocycles. The van der Waals surface area contributed by atoms with Crippen LogP contribution in [0.2, 0.25) is 5.02 Å². The zero-order chi connectivity index (χ0) is 12.4. The van der Waals surface area contributed by atoms with Crippen molar-refractivity contribution in [3.8, 4) is 0 Å². The molecule has 0 unspecified atom stereocenters. The minimum Gasteiger partial charge on any atom is -0.397 e. The summed E-state index contributed by atoms with van der Waals surface area (Å²) >= 11 is 5.98. The fourth-order valence-electron chi connectivity index (χ4n) is 1.42. The number of hydrogen-bond donors (Lipinski definition) is 1. The van der Waals surface area contributed by atoms with Crippen LogP contribution in [0.3, 0.4) is 0 Å². The molecule has 17 heavy (non-hydrogen) atoms. The lowest BCUT2D eigenvalue weighted by Crippen LogP contribution is -2.04. The Bertz CT molecular complexity index is 564. The standard InChI is InChI=1S/C13H11ClN2O/c1-8-2-3-9(6-11(8)14)13(17)12-5-4-10(15)7-16-12/h2-7H,15H2,1H3. The second kappa shape index (κ2) is 4.55. The summed E-state index contributed by atoms with van der Waals surface area (Å²) < 4.78 is 0. The second-order valence-corrected chi connectivity index (χ2v) is 4.18. The van der Waals surface area contributed by atoms with Crippen LogP contribution in [0.1, 0.15) is 21.6 Å². The maximum absolute atomic E-state index is 12.1. The quantitative estimate of drug-likeness (QED) is 0.829. The lowest BCUT2D eigenvalue weighted by molar-refractivity contribution is 0.103. The normalized spacial score (nSPS) is 10.2. The third-order valence-electron chi connectivity index (χ3n) is 2.45. The molecule has 0 bridgehead atoms. The molecule has 0 aliphatic carbocycles. The number of aromatic nitrogens is 1. The van der Waals surface area contributed by atoms with E-state index in [9.17, 15) is 4.79 Å². The number of nitrogen functional groups attached to an aromatic ring is 1. The van der Waals surface area contributed by atoms with Crippen molar-refractivity contribution >= 4 is 23.1 Å². The first-order chi connectivity index (χ1) is 8.08. The average Bonchev–Trinajstić information content (AvgIpc) is 2.33. The van der Waals surface area contributed by atoms with Gasteiger partial charge in [0.2, 0.25) is 5.78 Å². The van der Waals surface area contributed by atoms with Gasteiger partial charge in [0.25, 0.3) is 0 Å². The Morgan fingerprint density at radius 2 is 2.06 bits per heavy atom. The van der Waals surface area contributed by atoms with Crippen LogP contribution >= 0.6 is 11.6 Å². The molecule has 1 aromatic heterocycles. The number of benzene rings is 1. The molecule has 0 saturated heterocycles. The molecule has 0 spiro atoms. The highest BCUT2D eigenvalue weighted by atomic mass is 35.5. The fourth-order valence-corrected chi connectivity index (χ4v) is 1.60. The minimum absolute atomic E-state index is 0.160. The Morgan fingerprint density at radius 1 is 1.29 bits per heavy atom. The lowest BCUT2D eigenvalue weighted by atomic mass is 10.1. The Labute approximate surface area is 104 Å². The van der Waals surface area contributed by atoms with E-state index < -0.39 is 0 Å². The number of ketones is 1. The SMILES string of the molecule is Cc1ccc(C(=O)c2ccc(N)cn2)cc1Cl. The van der Waals surface area contributed by atoms with Crippen LogP contribution in [0, 0.1) is 6.92 Å². The van der Waals surface area contributed by atoms with Crippen molar-refractivity contribution in [3.05, 3.63) is 58.4 Å². The van der Waals surface area contributed by atoms with Crippen LogP contribution in [0.4, 0.5) is 5.69 Å². The van der Waals surface area contributed by atoms with Gasteiger partial charge in [-0.05, 0) is 30.7 Å². The summed E-state index contributed by atoms with van der Waals surface area (Å²) in [5, 5.41) is 0.575. The zero-order valence-electron chi connectivity index (χ0n) is 9.27. The number of anilines is 1. The molecule has 0 radical (unpaired) electrons. The third-order valence-corrected chi connectivity index (χ3v) is 2.86. The highest BCUT2D eigenvalue weighted by Crippen LogP contribution is 2.18. The van der Waals surface area contributed by atoms with Gasteiger partial charge in [0, 0.05) is 10.6 Å². The molecule has 0 amide bonds. The van der Waals surface area contributed by atoms with E-state index in [0.717, 1.165) is 5.56 Å². The Hall–Kier alpha value is -1.87. The molecule has 2 aromatic rings. The predicted octanol–water partition coefficient (Wildman–Crippen LogP) is 2.86. The van der Waals surface area contributed by atoms with Crippen molar-refractivity contribution in [2.24, 2.45) is 0 Å². The monoisotopic (exact) mass is 246 g/mol. The predicted molar refractivity (Wildman–Crippen MR) is 68.3 cm³/mol. The summed E-state index contributed by atoms with van der Waals surface area (Å²) in [5.74, 6) is -0.160. The van der Waals surface area contributed by atoms with E-state index in [2.05, 4.69) is 4.98 Å². The number of carbonyl (C=O) groups is 1. The number of halogens is 1. The van der Waals surface area contributed by atoms with E-state index in [-0.39, 0.29) is 5.78 Å². The molecule has 0 saturated carbocycles. The van der Waals surface area contributed by atoms with Crippen molar-refractivity contribution in [2.45, 2.75) is 6.92 Å². The Kier molecular flexibility index (Phi) is 3.11. The van der Waals surface area contributed by atoms with Gasteiger partial charge in [-0.25, -0.2) is 0 Å². The number of pyridine rings is 1. The van der Waals surface area contributed by atoms with Gasteiger partial charge in [0.1, 0.15) is 5.69 Å². The number of hydrogen-bond acceptors (Lipinski definition) is 3. The highest BCUT2D eigenvalue weighted by molar-refractivity contribution is 6.31. The summed E-state index contributed by atoms with van der Waals surface area (Å²) in [6.07, 6.45) is 1.46. The van der Waals surface area contributed by atoms with Gasteiger partial charge in [-0.1, -0.05) is 23.7 Å². The molecule has 0 fully saturated rings.